The maximum Gasteiger partial charge on any atom is 0.310 e. The van der Waals surface area contributed by atoms with Gasteiger partial charge in [-0.15, -0.1) is 0 Å². The summed E-state index contributed by atoms with van der Waals surface area (Å²) in [5.74, 6) is -0.206. The Hall–Kier alpha value is -2.63. The third kappa shape index (κ3) is 4.69. The molecule has 1 saturated heterocycles. The monoisotopic (exact) mass is 409 g/mol. The minimum absolute atomic E-state index is 0.00171. The molecule has 0 unspecified atom stereocenters. The molecule has 1 fully saturated rings. The Kier molecular flexibility index (Phi) is 5.97. The minimum atomic E-state index is -0.206. The standard InChI is InChI=1S/C23H24ClN3O2/c1-26-13-11-21(12-14-26)29-22(28)15-18-16-25-27(20-5-3-2-4-6-20)23(18)17-7-9-19(24)10-8-17/h2-10,16,21H,11-15H2,1H3. The van der Waals surface area contributed by atoms with Crippen molar-refractivity contribution in [3.8, 4) is 16.9 Å². The van der Waals surface area contributed by atoms with Crippen LogP contribution in [0.1, 0.15) is 18.4 Å². The molecule has 0 amide bonds. The molecule has 0 bridgehead atoms. The highest BCUT2D eigenvalue weighted by Crippen LogP contribution is 2.28. The van der Waals surface area contributed by atoms with Crippen LogP contribution < -0.4 is 0 Å². The normalized spacial score (nSPS) is 15.4. The van der Waals surface area contributed by atoms with E-state index in [-0.39, 0.29) is 18.5 Å². The summed E-state index contributed by atoms with van der Waals surface area (Å²) >= 11 is 6.07. The van der Waals surface area contributed by atoms with Crippen LogP contribution in [0.2, 0.25) is 5.02 Å². The van der Waals surface area contributed by atoms with Crippen LogP contribution in [0.3, 0.4) is 0 Å². The van der Waals surface area contributed by atoms with Crippen LogP contribution in [-0.4, -0.2) is 46.9 Å². The molecule has 0 spiro atoms. The zero-order valence-electron chi connectivity index (χ0n) is 16.4. The van der Waals surface area contributed by atoms with E-state index in [1.165, 1.54) is 0 Å². The van der Waals surface area contributed by atoms with Crippen LogP contribution in [0, 0.1) is 0 Å². The summed E-state index contributed by atoms with van der Waals surface area (Å²) in [5.41, 5.74) is 3.62. The summed E-state index contributed by atoms with van der Waals surface area (Å²) in [6.07, 6.45) is 3.72. The molecule has 2 aromatic carbocycles. The Morgan fingerprint density at radius 3 is 2.48 bits per heavy atom. The van der Waals surface area contributed by atoms with E-state index in [1.807, 2.05) is 59.3 Å². The number of ether oxygens (including phenoxy) is 1. The molecule has 29 heavy (non-hydrogen) atoms. The van der Waals surface area contributed by atoms with Gasteiger partial charge in [0, 0.05) is 29.2 Å². The number of piperidine rings is 1. The summed E-state index contributed by atoms with van der Waals surface area (Å²) < 4.78 is 7.61. The van der Waals surface area contributed by atoms with Gasteiger partial charge in [0.25, 0.3) is 0 Å². The van der Waals surface area contributed by atoms with Crippen molar-refractivity contribution < 1.29 is 9.53 Å². The highest BCUT2D eigenvalue weighted by Gasteiger charge is 2.22. The SMILES string of the molecule is CN1CCC(OC(=O)Cc2cnn(-c3ccccc3)c2-c2ccc(Cl)cc2)CC1. The predicted octanol–water partition coefficient (Wildman–Crippen LogP) is 4.37. The molecule has 1 aliphatic heterocycles. The molecule has 1 aromatic heterocycles. The van der Waals surface area contributed by atoms with Gasteiger partial charge >= 0.3 is 5.97 Å². The maximum atomic E-state index is 12.7. The van der Waals surface area contributed by atoms with Crippen molar-refractivity contribution in [2.24, 2.45) is 0 Å². The molecule has 150 valence electrons. The molecule has 0 aliphatic carbocycles. The molecule has 0 N–H and O–H groups in total. The summed E-state index contributed by atoms with van der Waals surface area (Å²) in [5, 5.41) is 5.23. The number of carbonyl (C=O) groups is 1. The number of hydrogen-bond donors (Lipinski definition) is 0. The summed E-state index contributed by atoms with van der Waals surface area (Å²) in [7, 11) is 2.09. The van der Waals surface area contributed by atoms with Crippen molar-refractivity contribution >= 4 is 17.6 Å². The molecular formula is C23H24ClN3O2. The number of carbonyl (C=O) groups excluding carboxylic acids is 1. The van der Waals surface area contributed by atoms with Crippen LogP contribution in [0.5, 0.6) is 0 Å². The second-order valence-corrected chi connectivity index (χ2v) is 7.88. The lowest BCUT2D eigenvalue weighted by Gasteiger charge is -2.28. The molecule has 3 aromatic rings. The number of aromatic nitrogens is 2. The Bertz CT molecular complexity index is 962. The third-order valence-electron chi connectivity index (χ3n) is 5.26. The van der Waals surface area contributed by atoms with E-state index in [0.717, 1.165) is 48.4 Å². The highest BCUT2D eigenvalue weighted by atomic mass is 35.5. The zero-order chi connectivity index (χ0) is 20.2. The lowest BCUT2D eigenvalue weighted by Crippen LogP contribution is -2.35. The van der Waals surface area contributed by atoms with Gasteiger partial charge in [0.2, 0.25) is 0 Å². The number of rotatable bonds is 5. The van der Waals surface area contributed by atoms with Crippen molar-refractivity contribution in [1.29, 1.82) is 0 Å². The van der Waals surface area contributed by atoms with Crippen molar-refractivity contribution in [2.75, 3.05) is 20.1 Å². The number of para-hydroxylation sites is 1. The van der Waals surface area contributed by atoms with Gasteiger partial charge in [-0.1, -0.05) is 41.9 Å². The molecule has 2 heterocycles. The first-order valence-corrected chi connectivity index (χ1v) is 10.2. The van der Waals surface area contributed by atoms with Gasteiger partial charge in [-0.25, -0.2) is 4.68 Å². The summed E-state index contributed by atoms with van der Waals surface area (Å²) in [6.45, 7) is 1.92. The number of nitrogens with zero attached hydrogens (tertiary/aromatic N) is 3. The third-order valence-corrected chi connectivity index (χ3v) is 5.51. The van der Waals surface area contributed by atoms with Gasteiger partial charge < -0.3 is 9.64 Å². The Labute approximate surface area is 175 Å². The topological polar surface area (TPSA) is 47.4 Å². The maximum absolute atomic E-state index is 12.7. The highest BCUT2D eigenvalue weighted by molar-refractivity contribution is 6.30. The fourth-order valence-corrected chi connectivity index (χ4v) is 3.80. The van der Waals surface area contributed by atoms with E-state index < -0.39 is 0 Å². The molecule has 6 heteroatoms. The average Bonchev–Trinajstić information content (AvgIpc) is 3.14. The molecule has 0 atom stereocenters. The first-order valence-electron chi connectivity index (χ1n) is 9.86. The first-order chi connectivity index (χ1) is 14.1. The van der Waals surface area contributed by atoms with Crippen LogP contribution in [0.25, 0.3) is 16.9 Å². The van der Waals surface area contributed by atoms with E-state index >= 15 is 0 Å². The van der Waals surface area contributed by atoms with Gasteiger partial charge in [-0.05, 0) is 44.2 Å². The smallest absolute Gasteiger partial charge is 0.310 e. The quantitative estimate of drug-likeness (QED) is 0.587. The minimum Gasteiger partial charge on any atom is -0.462 e. The van der Waals surface area contributed by atoms with Gasteiger partial charge in [0.05, 0.1) is 24.0 Å². The molecule has 0 saturated carbocycles. The number of esters is 1. The molecule has 1 aliphatic rings. The first kappa shape index (κ1) is 19.7. The second kappa shape index (κ2) is 8.80. The van der Waals surface area contributed by atoms with E-state index in [0.29, 0.717) is 5.02 Å². The largest absolute Gasteiger partial charge is 0.462 e. The Morgan fingerprint density at radius 1 is 1.10 bits per heavy atom. The Morgan fingerprint density at radius 2 is 1.79 bits per heavy atom. The van der Waals surface area contributed by atoms with E-state index in [4.69, 9.17) is 16.3 Å². The second-order valence-electron chi connectivity index (χ2n) is 7.44. The molecule has 4 rings (SSSR count). The lowest BCUT2D eigenvalue weighted by atomic mass is 10.0. The van der Waals surface area contributed by atoms with Gasteiger partial charge in [-0.3, -0.25) is 4.79 Å². The van der Waals surface area contributed by atoms with E-state index in [9.17, 15) is 4.79 Å². The lowest BCUT2D eigenvalue weighted by molar-refractivity contribution is -0.150. The van der Waals surface area contributed by atoms with Crippen LogP contribution in [0.4, 0.5) is 0 Å². The summed E-state index contributed by atoms with van der Waals surface area (Å²) in [6, 6.07) is 17.5. The van der Waals surface area contributed by atoms with E-state index in [1.54, 1.807) is 6.20 Å². The predicted molar refractivity (Wildman–Crippen MR) is 114 cm³/mol. The fraction of sp³-hybridized carbons (Fsp3) is 0.304. The Balaban J connectivity index is 1.60. The van der Waals surface area contributed by atoms with Crippen molar-refractivity contribution in [1.82, 2.24) is 14.7 Å². The number of likely N-dealkylation sites (tertiary alicyclic amines) is 1. The fourth-order valence-electron chi connectivity index (χ4n) is 3.68. The van der Waals surface area contributed by atoms with Gasteiger partial charge in [0.15, 0.2) is 0 Å². The molecule has 5 nitrogen and oxygen atoms in total. The van der Waals surface area contributed by atoms with Crippen LogP contribution in [-0.2, 0) is 16.0 Å². The average molecular weight is 410 g/mol. The van der Waals surface area contributed by atoms with Gasteiger partial charge in [0.1, 0.15) is 6.10 Å². The van der Waals surface area contributed by atoms with Crippen molar-refractivity contribution in [2.45, 2.75) is 25.4 Å². The van der Waals surface area contributed by atoms with Crippen LogP contribution >= 0.6 is 11.6 Å². The van der Waals surface area contributed by atoms with Crippen molar-refractivity contribution in [3.05, 3.63) is 71.4 Å². The number of halogens is 1. The number of benzene rings is 2. The molecular weight excluding hydrogens is 386 g/mol. The number of hydrogen-bond acceptors (Lipinski definition) is 4. The van der Waals surface area contributed by atoms with Crippen molar-refractivity contribution in [3.63, 3.8) is 0 Å². The zero-order valence-corrected chi connectivity index (χ0v) is 17.2. The van der Waals surface area contributed by atoms with Gasteiger partial charge in [-0.2, -0.15) is 5.10 Å². The van der Waals surface area contributed by atoms with Crippen LogP contribution in [0.15, 0.2) is 60.8 Å². The molecule has 0 radical (unpaired) electrons. The summed E-state index contributed by atoms with van der Waals surface area (Å²) in [4.78, 5) is 14.9. The van der Waals surface area contributed by atoms with E-state index in [2.05, 4.69) is 17.0 Å².